The Morgan fingerprint density at radius 3 is 2.55 bits per heavy atom. The zero-order valence-electron chi connectivity index (χ0n) is 17.5. The summed E-state index contributed by atoms with van der Waals surface area (Å²) in [5.41, 5.74) is 3.07. The lowest BCUT2D eigenvalue weighted by Gasteiger charge is -2.40. The van der Waals surface area contributed by atoms with Gasteiger partial charge in [0.15, 0.2) is 11.5 Å². The van der Waals surface area contributed by atoms with Crippen LogP contribution in [0.25, 0.3) is 0 Å². The molecule has 1 N–H and O–H groups in total. The fraction of sp³-hybridized carbons (Fsp3) is 0.160. The number of hydrogen-bond donors (Lipinski definition) is 1. The number of benzene rings is 3. The zero-order valence-corrected chi connectivity index (χ0v) is 17.5. The van der Waals surface area contributed by atoms with Crippen molar-refractivity contribution in [1.82, 2.24) is 10.2 Å². The van der Waals surface area contributed by atoms with E-state index in [1.165, 1.54) is 4.90 Å². The normalized spacial score (nSPS) is 17.5. The molecule has 3 heterocycles. The molecule has 3 aromatic rings. The number of fused-ring (bicyclic) bond motifs is 6. The molecule has 0 saturated heterocycles. The number of nitrogens with one attached hydrogen (secondary N) is 1. The lowest BCUT2D eigenvalue weighted by atomic mass is 10.0. The molecule has 3 aliphatic heterocycles. The van der Waals surface area contributed by atoms with Crippen molar-refractivity contribution in [3.05, 3.63) is 89.0 Å². The van der Waals surface area contributed by atoms with Crippen molar-refractivity contribution in [2.75, 3.05) is 18.2 Å². The first-order valence-corrected chi connectivity index (χ1v) is 10.6. The van der Waals surface area contributed by atoms with Crippen molar-refractivity contribution in [3.8, 4) is 11.5 Å². The molecular weight excluding hydrogens is 422 g/mol. The quantitative estimate of drug-likeness (QED) is 0.673. The molecule has 1 unspecified atom stereocenters. The maximum atomic E-state index is 13.4. The van der Waals surface area contributed by atoms with E-state index in [9.17, 15) is 14.4 Å². The Labute approximate surface area is 189 Å². The van der Waals surface area contributed by atoms with Gasteiger partial charge in [-0.25, -0.2) is 0 Å². The highest BCUT2D eigenvalue weighted by Crippen LogP contribution is 2.44. The van der Waals surface area contributed by atoms with E-state index < -0.39 is 6.17 Å². The highest BCUT2D eigenvalue weighted by atomic mass is 16.7. The molecule has 164 valence electrons. The zero-order chi connectivity index (χ0) is 22.5. The second kappa shape index (κ2) is 7.37. The Bertz CT molecular complexity index is 1320. The standard InChI is InChI=1S/C25H19N3O5/c29-22(26-12-15-9-10-20-21(11-15)33-14-32-20)13-27-23-16-5-1-2-6-17(16)25(31)28(23)19-8-4-3-7-18(19)24(27)30/h1-11,23H,12-14H2,(H,26,29). The largest absolute Gasteiger partial charge is 0.454 e. The fourth-order valence-corrected chi connectivity index (χ4v) is 4.60. The van der Waals surface area contributed by atoms with Crippen LogP contribution in [-0.4, -0.2) is 36.0 Å². The van der Waals surface area contributed by atoms with E-state index in [1.54, 1.807) is 47.4 Å². The third kappa shape index (κ3) is 3.02. The van der Waals surface area contributed by atoms with Gasteiger partial charge in [0.05, 0.1) is 11.3 Å². The SMILES string of the molecule is O=C(CN1C(=O)c2ccccc2N2C(=O)c3ccccc3C12)NCc1ccc2c(c1)OCO2. The van der Waals surface area contributed by atoms with Gasteiger partial charge in [0.1, 0.15) is 12.7 Å². The number of rotatable bonds is 4. The van der Waals surface area contributed by atoms with Crippen molar-refractivity contribution in [2.24, 2.45) is 0 Å². The minimum atomic E-state index is -0.660. The summed E-state index contributed by atoms with van der Waals surface area (Å²) in [5.74, 6) is 0.529. The summed E-state index contributed by atoms with van der Waals surface area (Å²) in [5, 5.41) is 2.86. The van der Waals surface area contributed by atoms with E-state index in [-0.39, 0.29) is 37.6 Å². The number of carbonyl (C=O) groups is 3. The summed E-state index contributed by atoms with van der Waals surface area (Å²) in [4.78, 5) is 42.5. The Hall–Kier alpha value is -4.33. The average molecular weight is 441 g/mol. The molecule has 0 saturated carbocycles. The molecule has 8 heteroatoms. The van der Waals surface area contributed by atoms with Crippen molar-refractivity contribution >= 4 is 23.4 Å². The molecule has 0 spiro atoms. The van der Waals surface area contributed by atoms with E-state index in [2.05, 4.69) is 5.32 Å². The maximum absolute atomic E-state index is 13.4. The summed E-state index contributed by atoms with van der Waals surface area (Å²) in [6.45, 7) is 0.278. The Kier molecular flexibility index (Phi) is 4.33. The Morgan fingerprint density at radius 2 is 1.67 bits per heavy atom. The Balaban J connectivity index is 1.27. The topological polar surface area (TPSA) is 88.2 Å². The van der Waals surface area contributed by atoms with Crippen LogP contribution in [0, 0.1) is 0 Å². The van der Waals surface area contributed by atoms with Crippen molar-refractivity contribution in [3.63, 3.8) is 0 Å². The summed E-state index contributed by atoms with van der Waals surface area (Å²) >= 11 is 0. The van der Waals surface area contributed by atoms with E-state index in [1.807, 2.05) is 24.3 Å². The van der Waals surface area contributed by atoms with Gasteiger partial charge in [-0.15, -0.1) is 0 Å². The first-order valence-electron chi connectivity index (χ1n) is 10.6. The van der Waals surface area contributed by atoms with Crippen LogP contribution in [0.3, 0.4) is 0 Å². The van der Waals surface area contributed by atoms with E-state index in [4.69, 9.17) is 9.47 Å². The Morgan fingerprint density at radius 1 is 0.909 bits per heavy atom. The molecule has 0 aromatic heterocycles. The van der Waals surface area contributed by atoms with E-state index >= 15 is 0 Å². The summed E-state index contributed by atoms with van der Waals surface area (Å²) in [7, 11) is 0. The monoisotopic (exact) mass is 441 g/mol. The van der Waals surface area contributed by atoms with Crippen LogP contribution < -0.4 is 19.7 Å². The number of amides is 3. The van der Waals surface area contributed by atoms with Crippen LogP contribution in [0.1, 0.15) is 38.0 Å². The number of anilines is 1. The molecular formula is C25H19N3O5. The number of hydrogen-bond acceptors (Lipinski definition) is 5. The molecule has 0 bridgehead atoms. The molecule has 33 heavy (non-hydrogen) atoms. The molecule has 0 aliphatic carbocycles. The first-order chi connectivity index (χ1) is 16.1. The lowest BCUT2D eigenvalue weighted by Crippen LogP contribution is -2.51. The van der Waals surface area contributed by atoms with Crippen molar-refractivity contribution < 1.29 is 23.9 Å². The lowest BCUT2D eigenvalue weighted by molar-refractivity contribution is -0.122. The summed E-state index contributed by atoms with van der Waals surface area (Å²) in [6, 6.07) is 19.7. The second-order valence-corrected chi connectivity index (χ2v) is 8.05. The van der Waals surface area contributed by atoms with Gasteiger partial charge in [0.25, 0.3) is 11.8 Å². The van der Waals surface area contributed by atoms with Crippen LogP contribution in [0.4, 0.5) is 5.69 Å². The minimum Gasteiger partial charge on any atom is -0.454 e. The smallest absolute Gasteiger partial charge is 0.260 e. The van der Waals surface area contributed by atoms with Crippen LogP contribution >= 0.6 is 0 Å². The predicted molar refractivity (Wildman–Crippen MR) is 118 cm³/mol. The summed E-state index contributed by atoms with van der Waals surface area (Å²) in [6.07, 6.45) is -0.660. The third-order valence-electron chi connectivity index (χ3n) is 6.12. The van der Waals surface area contributed by atoms with Gasteiger partial charge in [0, 0.05) is 17.7 Å². The minimum absolute atomic E-state index is 0.179. The van der Waals surface area contributed by atoms with Gasteiger partial charge < -0.3 is 19.7 Å². The molecule has 8 nitrogen and oxygen atoms in total. The molecule has 3 aromatic carbocycles. The van der Waals surface area contributed by atoms with E-state index in [0.717, 1.165) is 5.56 Å². The van der Waals surface area contributed by atoms with Crippen LogP contribution in [0.2, 0.25) is 0 Å². The first kappa shape index (κ1) is 19.4. The molecule has 3 amide bonds. The highest BCUT2D eigenvalue weighted by Gasteiger charge is 2.48. The molecule has 0 fully saturated rings. The number of ether oxygens (including phenoxy) is 2. The van der Waals surface area contributed by atoms with Crippen molar-refractivity contribution in [1.29, 1.82) is 0 Å². The van der Waals surface area contributed by atoms with Gasteiger partial charge in [-0.1, -0.05) is 36.4 Å². The maximum Gasteiger partial charge on any atom is 0.260 e. The van der Waals surface area contributed by atoms with Gasteiger partial charge in [0.2, 0.25) is 12.7 Å². The predicted octanol–water partition coefficient (Wildman–Crippen LogP) is 2.85. The number of carbonyl (C=O) groups excluding carboxylic acids is 3. The third-order valence-corrected chi connectivity index (χ3v) is 6.12. The molecule has 0 radical (unpaired) electrons. The second-order valence-electron chi connectivity index (χ2n) is 8.05. The highest BCUT2D eigenvalue weighted by molar-refractivity contribution is 6.17. The van der Waals surface area contributed by atoms with Gasteiger partial charge in [-0.2, -0.15) is 0 Å². The van der Waals surface area contributed by atoms with Crippen LogP contribution in [0.15, 0.2) is 66.7 Å². The van der Waals surface area contributed by atoms with Crippen molar-refractivity contribution in [2.45, 2.75) is 12.7 Å². The molecule has 3 aliphatic rings. The molecule has 6 rings (SSSR count). The molecule has 1 atom stereocenters. The fourth-order valence-electron chi connectivity index (χ4n) is 4.60. The van der Waals surface area contributed by atoms with E-state index in [0.29, 0.717) is 33.9 Å². The number of para-hydroxylation sites is 1. The van der Waals surface area contributed by atoms with Crippen LogP contribution in [0.5, 0.6) is 11.5 Å². The number of nitrogens with zero attached hydrogens (tertiary/aromatic N) is 2. The van der Waals surface area contributed by atoms with Gasteiger partial charge in [-0.05, 0) is 35.9 Å². The average Bonchev–Trinajstić information content (AvgIpc) is 3.43. The van der Waals surface area contributed by atoms with Gasteiger partial charge >= 0.3 is 0 Å². The van der Waals surface area contributed by atoms with Gasteiger partial charge in [-0.3, -0.25) is 19.3 Å². The summed E-state index contributed by atoms with van der Waals surface area (Å²) < 4.78 is 10.7. The van der Waals surface area contributed by atoms with Crippen LogP contribution in [-0.2, 0) is 11.3 Å².